The SMILES string of the molecule is C1C2C3[C@@H]4O[C@@H]5[C@H]3[C@H]1[C@@H]1C2C4[C@H]51. The summed E-state index contributed by atoms with van der Waals surface area (Å²) < 4.78 is 6.17. The van der Waals surface area contributed by atoms with Crippen molar-refractivity contribution < 1.29 is 4.74 Å². The van der Waals surface area contributed by atoms with Gasteiger partial charge in [0, 0.05) is 0 Å². The summed E-state index contributed by atoms with van der Waals surface area (Å²) in [6, 6.07) is 0. The van der Waals surface area contributed by atoms with Crippen LogP contribution in [0.1, 0.15) is 6.42 Å². The Morgan fingerprint density at radius 1 is 0.667 bits per heavy atom. The van der Waals surface area contributed by atoms with Gasteiger partial charge in [0.2, 0.25) is 0 Å². The molecule has 12 heavy (non-hydrogen) atoms. The smallest absolute Gasteiger partial charge is 0.0648 e. The lowest BCUT2D eigenvalue weighted by Gasteiger charge is -2.43. The van der Waals surface area contributed by atoms with Crippen LogP contribution in [0, 0.1) is 47.3 Å². The molecule has 0 aromatic rings. The molecule has 1 heteroatoms. The molecule has 0 aromatic carbocycles. The van der Waals surface area contributed by atoms with Gasteiger partial charge < -0.3 is 4.74 Å². The summed E-state index contributed by atoms with van der Waals surface area (Å²) in [6.07, 6.45) is 3.18. The predicted molar refractivity (Wildman–Crippen MR) is 41.2 cm³/mol. The first kappa shape index (κ1) is 4.99. The Morgan fingerprint density at radius 3 is 1.83 bits per heavy atom. The van der Waals surface area contributed by atoms with Crippen molar-refractivity contribution in [2.75, 3.05) is 0 Å². The van der Waals surface area contributed by atoms with Crippen LogP contribution in [0.5, 0.6) is 0 Å². The molecule has 0 amide bonds. The van der Waals surface area contributed by atoms with Crippen LogP contribution in [0.25, 0.3) is 0 Å². The quantitative estimate of drug-likeness (QED) is 0.516. The van der Waals surface area contributed by atoms with Gasteiger partial charge in [0.25, 0.3) is 0 Å². The van der Waals surface area contributed by atoms with E-state index < -0.39 is 0 Å². The van der Waals surface area contributed by atoms with E-state index in [2.05, 4.69) is 0 Å². The van der Waals surface area contributed by atoms with E-state index in [-0.39, 0.29) is 0 Å². The molecule has 0 spiro atoms. The molecule has 4 unspecified atom stereocenters. The fraction of sp³-hybridized carbons (Fsp3) is 1.00. The summed E-state index contributed by atoms with van der Waals surface area (Å²) in [5, 5.41) is 0. The molecule has 7 rings (SSSR count). The zero-order valence-electron chi connectivity index (χ0n) is 6.89. The molecule has 62 valence electrons. The summed E-state index contributed by atoms with van der Waals surface area (Å²) in [5.74, 6) is 8.98. The molecule has 2 saturated heterocycles. The van der Waals surface area contributed by atoms with Gasteiger partial charge in [-0.15, -0.1) is 0 Å². The molecule has 10 atom stereocenters. The van der Waals surface area contributed by atoms with Crippen molar-refractivity contribution in [2.45, 2.75) is 18.6 Å². The predicted octanol–water partition coefficient (Wildman–Crippen LogP) is 1.14. The third kappa shape index (κ3) is 0.222. The molecule has 7 aliphatic rings. The van der Waals surface area contributed by atoms with E-state index in [1.807, 2.05) is 0 Å². The van der Waals surface area contributed by atoms with Gasteiger partial charge in [0.05, 0.1) is 12.2 Å². The van der Waals surface area contributed by atoms with E-state index in [9.17, 15) is 0 Å². The second-order valence-corrected chi connectivity index (χ2v) is 6.09. The van der Waals surface area contributed by atoms with E-state index in [0.29, 0.717) is 0 Å². The largest absolute Gasteiger partial charge is 0.374 e. The molecule has 0 radical (unpaired) electrons. The fourth-order valence-corrected chi connectivity index (χ4v) is 6.91. The molecular weight excluding hydrogens is 148 g/mol. The molecule has 4 bridgehead atoms. The van der Waals surface area contributed by atoms with Crippen LogP contribution in [0.4, 0.5) is 0 Å². The van der Waals surface area contributed by atoms with Crippen molar-refractivity contribution in [1.82, 2.24) is 0 Å². The summed E-state index contributed by atoms with van der Waals surface area (Å²) in [6.45, 7) is 0. The lowest BCUT2D eigenvalue weighted by molar-refractivity contribution is 0.0368. The molecule has 5 aliphatic carbocycles. The van der Waals surface area contributed by atoms with Crippen LogP contribution in [0.2, 0.25) is 0 Å². The highest BCUT2D eigenvalue weighted by atomic mass is 16.5. The Labute approximate surface area is 71.5 Å². The second kappa shape index (κ2) is 1.06. The highest BCUT2D eigenvalue weighted by molar-refractivity contribution is 5.34. The van der Waals surface area contributed by atoms with Crippen LogP contribution in [0.3, 0.4) is 0 Å². The fourth-order valence-electron chi connectivity index (χ4n) is 6.91. The standard InChI is InChI=1S/C11H12O/c1-2-4-5-3(1)7-6(2)10-8(4)9(5)11(7)12-10/h2-11H,1H2/t2-,3?,4-,5?,6+,7?,8-,9?,10-,11+/m1/s1. The minimum atomic E-state index is 0.781. The molecule has 0 N–H and O–H groups in total. The van der Waals surface area contributed by atoms with Gasteiger partial charge in [-0.1, -0.05) is 0 Å². The summed E-state index contributed by atoms with van der Waals surface area (Å²) in [7, 11) is 0. The number of hydrogen-bond donors (Lipinski definition) is 0. The lowest BCUT2D eigenvalue weighted by atomic mass is 9.60. The van der Waals surface area contributed by atoms with E-state index >= 15 is 0 Å². The van der Waals surface area contributed by atoms with Gasteiger partial charge in [0.1, 0.15) is 0 Å². The van der Waals surface area contributed by atoms with Crippen molar-refractivity contribution in [3.05, 3.63) is 0 Å². The topological polar surface area (TPSA) is 9.23 Å². The highest BCUT2D eigenvalue weighted by Gasteiger charge is 2.87. The first-order valence-corrected chi connectivity index (χ1v) is 5.62. The molecular formula is C11H12O. The van der Waals surface area contributed by atoms with Crippen molar-refractivity contribution >= 4 is 0 Å². The average molecular weight is 160 g/mol. The minimum Gasteiger partial charge on any atom is -0.374 e. The van der Waals surface area contributed by atoms with E-state index in [4.69, 9.17) is 4.74 Å². The van der Waals surface area contributed by atoms with Crippen LogP contribution in [-0.4, -0.2) is 12.2 Å². The maximum absolute atomic E-state index is 6.17. The van der Waals surface area contributed by atoms with Crippen molar-refractivity contribution in [3.8, 4) is 0 Å². The van der Waals surface area contributed by atoms with Crippen LogP contribution in [-0.2, 0) is 4.74 Å². The minimum absolute atomic E-state index is 0.781. The van der Waals surface area contributed by atoms with Crippen LogP contribution in [0.15, 0.2) is 0 Å². The van der Waals surface area contributed by atoms with E-state index in [1.54, 1.807) is 6.42 Å². The van der Waals surface area contributed by atoms with Gasteiger partial charge in [-0.3, -0.25) is 0 Å². The Balaban J connectivity index is 1.86. The Morgan fingerprint density at radius 2 is 1.25 bits per heavy atom. The Bertz CT molecular complexity index is 246. The van der Waals surface area contributed by atoms with Crippen LogP contribution < -0.4 is 0 Å². The number of hydrogen-bond acceptors (Lipinski definition) is 1. The van der Waals surface area contributed by atoms with Crippen LogP contribution >= 0.6 is 0 Å². The van der Waals surface area contributed by atoms with E-state index in [0.717, 1.165) is 47.7 Å². The number of rotatable bonds is 0. The zero-order valence-corrected chi connectivity index (χ0v) is 6.89. The summed E-state index contributed by atoms with van der Waals surface area (Å²) in [5.41, 5.74) is 0. The molecule has 5 saturated carbocycles. The number of ether oxygens (including phenoxy) is 1. The highest BCUT2D eigenvalue weighted by Crippen LogP contribution is 2.87. The normalized spacial score (nSPS) is 94.0. The average Bonchev–Trinajstić information content (AvgIpc) is 2.51. The zero-order chi connectivity index (χ0) is 7.19. The van der Waals surface area contributed by atoms with Gasteiger partial charge in [0.15, 0.2) is 0 Å². The maximum atomic E-state index is 6.17. The molecule has 1 nitrogen and oxygen atoms in total. The van der Waals surface area contributed by atoms with Crippen molar-refractivity contribution in [1.29, 1.82) is 0 Å². The van der Waals surface area contributed by atoms with Gasteiger partial charge in [-0.2, -0.15) is 0 Å². The first-order chi connectivity index (χ1) is 5.97. The van der Waals surface area contributed by atoms with Crippen molar-refractivity contribution in [3.63, 3.8) is 0 Å². The second-order valence-electron chi connectivity index (χ2n) is 6.09. The molecule has 0 aromatic heterocycles. The molecule has 7 fully saturated rings. The van der Waals surface area contributed by atoms with Gasteiger partial charge in [-0.25, -0.2) is 0 Å². The Kier molecular flexibility index (Phi) is 0.443. The molecule has 2 heterocycles. The van der Waals surface area contributed by atoms with E-state index in [1.165, 1.54) is 11.8 Å². The van der Waals surface area contributed by atoms with Crippen molar-refractivity contribution in [2.24, 2.45) is 47.3 Å². The molecule has 2 aliphatic heterocycles. The summed E-state index contributed by atoms with van der Waals surface area (Å²) in [4.78, 5) is 0. The lowest BCUT2D eigenvalue weighted by Crippen LogP contribution is -2.43. The third-order valence-corrected chi connectivity index (χ3v) is 6.58. The third-order valence-electron chi connectivity index (χ3n) is 6.58. The van der Waals surface area contributed by atoms with Gasteiger partial charge in [-0.05, 0) is 53.8 Å². The monoisotopic (exact) mass is 160 g/mol. The first-order valence-electron chi connectivity index (χ1n) is 5.62. The summed E-state index contributed by atoms with van der Waals surface area (Å²) >= 11 is 0. The Hall–Kier alpha value is -0.0400. The maximum Gasteiger partial charge on any atom is 0.0648 e. The van der Waals surface area contributed by atoms with Gasteiger partial charge >= 0.3 is 0 Å².